The topological polar surface area (TPSA) is 97.5 Å². The fourth-order valence-electron chi connectivity index (χ4n) is 3.67. The van der Waals surface area contributed by atoms with E-state index in [9.17, 15) is 19.8 Å². The van der Waals surface area contributed by atoms with Crippen molar-refractivity contribution in [2.45, 2.75) is 33.7 Å². The van der Waals surface area contributed by atoms with E-state index in [1.807, 2.05) is 0 Å². The second-order valence-corrected chi connectivity index (χ2v) is 7.89. The number of hydrogen-bond acceptors (Lipinski definition) is 8. The van der Waals surface area contributed by atoms with Crippen LogP contribution in [0.2, 0.25) is 0 Å². The molecular weight excluding hydrogens is 398 g/mol. The standard InChI is InChI=1S/C23H35N3O5/c1-4-7-19(27)22(29)18(3)16-25-9-6-10-26(14-12-24(5-2)11-13-25)17-21-23(30)20(28)8-15-31-21/h4,7-8,15,29-30H,5-6,9-14,16-17H2,1-3H3/b7-4-,22-18-. The van der Waals surface area contributed by atoms with E-state index >= 15 is 0 Å². The molecule has 0 saturated carbocycles. The number of nitrogens with zero attached hydrogens (tertiary/aromatic N) is 3. The van der Waals surface area contributed by atoms with Crippen LogP contribution in [-0.2, 0) is 11.3 Å². The third-order valence-corrected chi connectivity index (χ3v) is 5.57. The van der Waals surface area contributed by atoms with Crippen molar-refractivity contribution in [2.24, 2.45) is 0 Å². The summed E-state index contributed by atoms with van der Waals surface area (Å²) in [6, 6.07) is 1.21. The minimum absolute atomic E-state index is 0.182. The van der Waals surface area contributed by atoms with Crippen LogP contribution in [0.5, 0.6) is 5.75 Å². The van der Waals surface area contributed by atoms with E-state index < -0.39 is 5.43 Å². The minimum atomic E-state index is -0.432. The van der Waals surface area contributed by atoms with Crippen molar-refractivity contribution in [1.29, 1.82) is 0 Å². The van der Waals surface area contributed by atoms with Gasteiger partial charge in [0.25, 0.3) is 0 Å². The third-order valence-electron chi connectivity index (χ3n) is 5.57. The Hall–Kier alpha value is -2.42. The lowest BCUT2D eigenvalue weighted by molar-refractivity contribution is -0.113. The van der Waals surface area contributed by atoms with Crippen molar-refractivity contribution in [3.8, 4) is 5.75 Å². The van der Waals surface area contributed by atoms with Crippen LogP contribution in [0.1, 0.15) is 33.0 Å². The molecule has 8 heteroatoms. The quantitative estimate of drug-likeness (QED) is 0.499. The highest BCUT2D eigenvalue weighted by atomic mass is 16.4. The van der Waals surface area contributed by atoms with E-state index in [0.717, 1.165) is 52.2 Å². The number of carbonyl (C=O) groups excluding carboxylic acids is 1. The van der Waals surface area contributed by atoms with E-state index in [1.54, 1.807) is 19.9 Å². The summed E-state index contributed by atoms with van der Waals surface area (Å²) in [6.45, 7) is 12.5. The summed E-state index contributed by atoms with van der Waals surface area (Å²) in [5.74, 6) is -0.586. The average molecular weight is 434 g/mol. The summed E-state index contributed by atoms with van der Waals surface area (Å²) < 4.78 is 5.38. The second kappa shape index (κ2) is 12.4. The second-order valence-electron chi connectivity index (χ2n) is 7.89. The summed E-state index contributed by atoms with van der Waals surface area (Å²) in [5.41, 5.74) is 0.231. The van der Waals surface area contributed by atoms with Gasteiger partial charge in [0.1, 0.15) is 0 Å². The van der Waals surface area contributed by atoms with Crippen molar-refractivity contribution in [3.63, 3.8) is 0 Å². The molecule has 1 aliphatic heterocycles. The number of likely N-dealkylation sites (N-methyl/N-ethyl adjacent to an activating group) is 1. The van der Waals surface area contributed by atoms with Gasteiger partial charge in [-0.2, -0.15) is 0 Å². The highest BCUT2D eigenvalue weighted by molar-refractivity contribution is 6.02. The molecule has 0 aromatic carbocycles. The van der Waals surface area contributed by atoms with Gasteiger partial charge < -0.3 is 19.5 Å². The molecule has 0 unspecified atom stereocenters. The Morgan fingerprint density at radius 3 is 2.45 bits per heavy atom. The Kier molecular flexibility index (Phi) is 9.97. The van der Waals surface area contributed by atoms with Crippen LogP contribution in [0.3, 0.4) is 0 Å². The smallest absolute Gasteiger partial charge is 0.226 e. The summed E-state index contributed by atoms with van der Waals surface area (Å²) >= 11 is 0. The first-order chi connectivity index (χ1) is 14.8. The molecule has 1 fully saturated rings. The first-order valence-corrected chi connectivity index (χ1v) is 10.9. The van der Waals surface area contributed by atoms with Crippen molar-refractivity contribution < 1.29 is 19.4 Å². The number of carbonyl (C=O) groups is 1. The van der Waals surface area contributed by atoms with Crippen molar-refractivity contribution >= 4 is 5.78 Å². The number of hydrogen-bond donors (Lipinski definition) is 2. The number of allylic oxidation sites excluding steroid dienone is 2. The van der Waals surface area contributed by atoms with Crippen LogP contribution in [0.15, 0.2) is 45.0 Å². The van der Waals surface area contributed by atoms with Gasteiger partial charge in [0.05, 0.1) is 12.8 Å². The Balaban J connectivity index is 2.08. The lowest BCUT2D eigenvalue weighted by atomic mass is 10.1. The molecule has 0 atom stereocenters. The molecule has 0 amide bonds. The Morgan fingerprint density at radius 2 is 1.77 bits per heavy atom. The molecule has 8 nitrogen and oxygen atoms in total. The fourth-order valence-corrected chi connectivity index (χ4v) is 3.67. The normalized spacial score (nSPS) is 18.8. The molecule has 0 radical (unpaired) electrons. The molecule has 0 aliphatic carbocycles. The van der Waals surface area contributed by atoms with Crippen LogP contribution in [0, 0.1) is 0 Å². The first kappa shape index (κ1) is 24.8. The summed E-state index contributed by atoms with van der Waals surface area (Å²) in [4.78, 5) is 30.4. The van der Waals surface area contributed by atoms with Crippen LogP contribution in [-0.4, -0.2) is 83.1 Å². The molecule has 0 bridgehead atoms. The van der Waals surface area contributed by atoms with Crippen molar-refractivity contribution in [3.05, 3.63) is 51.8 Å². The maximum absolute atomic E-state index is 11.9. The summed E-state index contributed by atoms with van der Waals surface area (Å²) in [7, 11) is 0. The van der Waals surface area contributed by atoms with Crippen LogP contribution < -0.4 is 5.43 Å². The molecule has 0 spiro atoms. The monoisotopic (exact) mass is 433 g/mol. The molecule has 1 aromatic rings. The molecule has 1 aliphatic rings. The zero-order valence-corrected chi connectivity index (χ0v) is 18.8. The lowest BCUT2D eigenvalue weighted by Gasteiger charge is -2.32. The molecule has 2 N–H and O–H groups in total. The average Bonchev–Trinajstić information content (AvgIpc) is 2.75. The van der Waals surface area contributed by atoms with Gasteiger partial charge in [0.2, 0.25) is 17.0 Å². The molecular formula is C23H35N3O5. The molecule has 2 heterocycles. The zero-order chi connectivity index (χ0) is 22.8. The SMILES string of the molecule is C/C=C\C(=O)/C(O)=C(\C)CN1CCCN(Cc2occc(=O)c2O)CCN(CC)CC1. The van der Waals surface area contributed by atoms with E-state index in [-0.39, 0.29) is 23.1 Å². The maximum Gasteiger partial charge on any atom is 0.226 e. The number of rotatable bonds is 7. The maximum atomic E-state index is 11.9. The van der Waals surface area contributed by atoms with Gasteiger partial charge in [-0.25, -0.2) is 0 Å². The Bertz CT molecular complexity index is 846. The van der Waals surface area contributed by atoms with E-state index in [1.165, 1.54) is 18.4 Å². The van der Waals surface area contributed by atoms with Crippen molar-refractivity contribution in [1.82, 2.24) is 14.7 Å². The van der Waals surface area contributed by atoms with Gasteiger partial charge in [0, 0.05) is 38.8 Å². The fraction of sp³-hybridized carbons (Fsp3) is 0.565. The molecule has 31 heavy (non-hydrogen) atoms. The van der Waals surface area contributed by atoms with Gasteiger partial charge in [-0.1, -0.05) is 13.0 Å². The molecule has 1 saturated heterocycles. The van der Waals surface area contributed by atoms with Crippen molar-refractivity contribution in [2.75, 3.05) is 52.4 Å². The molecule has 2 rings (SSSR count). The predicted octanol–water partition coefficient (Wildman–Crippen LogP) is 2.15. The molecule has 172 valence electrons. The van der Waals surface area contributed by atoms with Crippen LogP contribution in [0.4, 0.5) is 0 Å². The molecule has 1 aromatic heterocycles. The number of aliphatic hydroxyl groups is 1. The first-order valence-electron chi connectivity index (χ1n) is 10.9. The number of aliphatic hydroxyl groups excluding tert-OH is 1. The van der Waals surface area contributed by atoms with Gasteiger partial charge in [-0.3, -0.25) is 19.4 Å². The van der Waals surface area contributed by atoms with Crippen LogP contribution >= 0.6 is 0 Å². The van der Waals surface area contributed by atoms with E-state index in [4.69, 9.17) is 4.42 Å². The number of ketones is 1. The Labute approximate surface area is 184 Å². The van der Waals surface area contributed by atoms with E-state index in [0.29, 0.717) is 18.7 Å². The number of aromatic hydroxyl groups is 1. The summed E-state index contributed by atoms with van der Waals surface area (Å²) in [5, 5.41) is 20.2. The van der Waals surface area contributed by atoms with Gasteiger partial charge in [0.15, 0.2) is 11.5 Å². The highest BCUT2D eigenvalue weighted by Crippen LogP contribution is 2.15. The van der Waals surface area contributed by atoms with E-state index in [2.05, 4.69) is 21.6 Å². The van der Waals surface area contributed by atoms with Crippen LogP contribution in [0.25, 0.3) is 0 Å². The predicted molar refractivity (Wildman–Crippen MR) is 120 cm³/mol. The van der Waals surface area contributed by atoms with Gasteiger partial charge >= 0.3 is 0 Å². The minimum Gasteiger partial charge on any atom is -0.504 e. The Morgan fingerprint density at radius 1 is 1.13 bits per heavy atom. The summed E-state index contributed by atoms with van der Waals surface area (Å²) in [6.07, 6.45) is 5.18. The third kappa shape index (κ3) is 7.65. The largest absolute Gasteiger partial charge is 0.504 e. The highest BCUT2D eigenvalue weighted by Gasteiger charge is 2.18. The zero-order valence-electron chi connectivity index (χ0n) is 18.8. The van der Waals surface area contributed by atoms with Gasteiger partial charge in [-0.15, -0.1) is 0 Å². The lowest BCUT2D eigenvalue weighted by Crippen LogP contribution is -2.43. The van der Waals surface area contributed by atoms with Gasteiger partial charge in [-0.05, 0) is 51.6 Å².